The maximum Gasteiger partial charge on any atom is 0.271 e. The molecule has 0 spiro atoms. The van der Waals surface area contributed by atoms with Gasteiger partial charge in [0.25, 0.3) is 5.91 Å². The highest BCUT2D eigenvalue weighted by Crippen LogP contribution is 2.20. The van der Waals surface area contributed by atoms with Gasteiger partial charge in [0.05, 0.1) is 0 Å². The molecule has 5 heteroatoms. The fraction of sp³-hybridized carbons (Fsp3) is 0.357. The summed E-state index contributed by atoms with van der Waals surface area (Å²) in [6, 6.07) is 3.99. The molecular formula is C14H17N3O2. The molecule has 1 aliphatic rings. The van der Waals surface area contributed by atoms with Gasteiger partial charge in [-0.2, -0.15) is 5.10 Å². The van der Waals surface area contributed by atoms with Crippen molar-refractivity contribution in [2.24, 2.45) is 5.10 Å². The summed E-state index contributed by atoms with van der Waals surface area (Å²) in [6.07, 6.45) is 0.680. The molecule has 1 aliphatic heterocycles. The Morgan fingerprint density at radius 2 is 1.84 bits per heavy atom. The third-order valence-electron chi connectivity index (χ3n) is 3.26. The second-order valence-corrected chi connectivity index (χ2v) is 4.80. The van der Waals surface area contributed by atoms with Crippen molar-refractivity contribution in [1.82, 2.24) is 5.43 Å². The van der Waals surface area contributed by atoms with Crippen LogP contribution in [0, 0.1) is 20.8 Å². The number of hydrazone groups is 1. The van der Waals surface area contributed by atoms with Crippen molar-refractivity contribution in [3.8, 4) is 0 Å². The van der Waals surface area contributed by atoms with Crippen LogP contribution in [0.1, 0.15) is 29.5 Å². The molecule has 0 saturated heterocycles. The van der Waals surface area contributed by atoms with Crippen molar-refractivity contribution in [3.63, 3.8) is 0 Å². The minimum absolute atomic E-state index is 0.154. The minimum Gasteiger partial charge on any atom is -0.321 e. The second-order valence-electron chi connectivity index (χ2n) is 4.80. The van der Waals surface area contributed by atoms with Gasteiger partial charge in [0.2, 0.25) is 5.91 Å². The predicted molar refractivity (Wildman–Crippen MR) is 74.1 cm³/mol. The Bertz CT molecular complexity index is 576. The van der Waals surface area contributed by atoms with E-state index in [1.807, 2.05) is 32.9 Å². The molecule has 2 amide bonds. The summed E-state index contributed by atoms with van der Waals surface area (Å²) in [5.74, 6) is -0.412. The molecule has 100 valence electrons. The molecule has 19 heavy (non-hydrogen) atoms. The van der Waals surface area contributed by atoms with Gasteiger partial charge in [-0.1, -0.05) is 6.07 Å². The molecule has 0 fully saturated rings. The zero-order chi connectivity index (χ0) is 14.0. The first kappa shape index (κ1) is 13.3. The third-order valence-corrected chi connectivity index (χ3v) is 3.26. The Morgan fingerprint density at radius 3 is 2.47 bits per heavy atom. The lowest BCUT2D eigenvalue weighted by molar-refractivity contribution is -0.121. The molecule has 0 saturated carbocycles. The SMILES string of the molecule is Cc1cc(C)c(NC(=O)C2=NNC(=O)CC2)cc1C. The average molecular weight is 259 g/mol. The lowest BCUT2D eigenvalue weighted by atomic mass is 10.0. The molecule has 1 heterocycles. The minimum atomic E-state index is -0.258. The van der Waals surface area contributed by atoms with Crippen molar-refractivity contribution in [1.29, 1.82) is 0 Å². The first-order chi connectivity index (χ1) is 8.97. The summed E-state index contributed by atoms with van der Waals surface area (Å²) < 4.78 is 0. The molecule has 5 nitrogen and oxygen atoms in total. The number of carbonyl (C=O) groups excluding carboxylic acids is 2. The first-order valence-corrected chi connectivity index (χ1v) is 6.22. The Hall–Kier alpha value is -2.17. The zero-order valence-electron chi connectivity index (χ0n) is 11.3. The van der Waals surface area contributed by atoms with Gasteiger partial charge in [0.15, 0.2) is 0 Å². The van der Waals surface area contributed by atoms with E-state index in [2.05, 4.69) is 15.8 Å². The van der Waals surface area contributed by atoms with E-state index in [0.717, 1.165) is 16.8 Å². The van der Waals surface area contributed by atoms with E-state index in [4.69, 9.17) is 0 Å². The van der Waals surface area contributed by atoms with E-state index in [9.17, 15) is 9.59 Å². The Kier molecular flexibility index (Phi) is 3.64. The van der Waals surface area contributed by atoms with Crippen molar-refractivity contribution >= 4 is 23.2 Å². The normalized spacial score (nSPS) is 14.7. The molecule has 1 aromatic rings. The molecule has 0 aromatic heterocycles. The van der Waals surface area contributed by atoms with E-state index in [-0.39, 0.29) is 11.8 Å². The summed E-state index contributed by atoms with van der Waals surface area (Å²) in [4.78, 5) is 23.0. The number of hydrogen-bond acceptors (Lipinski definition) is 3. The number of amides is 2. The monoisotopic (exact) mass is 259 g/mol. The van der Waals surface area contributed by atoms with Gasteiger partial charge in [-0.3, -0.25) is 9.59 Å². The molecule has 0 unspecified atom stereocenters. The van der Waals surface area contributed by atoms with Crippen LogP contribution in [0.25, 0.3) is 0 Å². The molecule has 0 aliphatic carbocycles. The topological polar surface area (TPSA) is 70.6 Å². The maximum atomic E-state index is 12.0. The average Bonchev–Trinajstić information content (AvgIpc) is 2.36. The van der Waals surface area contributed by atoms with Crippen LogP contribution in [0.2, 0.25) is 0 Å². The van der Waals surface area contributed by atoms with Gasteiger partial charge >= 0.3 is 0 Å². The van der Waals surface area contributed by atoms with Crippen LogP contribution in [-0.2, 0) is 9.59 Å². The molecule has 2 rings (SSSR count). The Balaban J connectivity index is 2.15. The summed E-state index contributed by atoms with van der Waals surface area (Å²) >= 11 is 0. The second kappa shape index (κ2) is 5.22. The highest BCUT2D eigenvalue weighted by atomic mass is 16.2. The summed E-state index contributed by atoms with van der Waals surface area (Å²) in [5.41, 5.74) is 6.79. The molecule has 0 atom stereocenters. The lowest BCUT2D eigenvalue weighted by Gasteiger charge is -2.14. The van der Waals surface area contributed by atoms with Crippen LogP contribution in [0.4, 0.5) is 5.69 Å². The van der Waals surface area contributed by atoms with Gasteiger partial charge in [-0.05, 0) is 43.5 Å². The van der Waals surface area contributed by atoms with Crippen LogP contribution in [0.5, 0.6) is 0 Å². The van der Waals surface area contributed by atoms with Gasteiger partial charge < -0.3 is 5.32 Å². The summed E-state index contributed by atoms with van der Waals surface area (Å²) in [5, 5.41) is 6.62. The van der Waals surface area contributed by atoms with E-state index >= 15 is 0 Å². The highest BCUT2D eigenvalue weighted by molar-refractivity contribution is 6.43. The summed E-state index contributed by atoms with van der Waals surface area (Å²) in [6.45, 7) is 5.99. The van der Waals surface area contributed by atoms with Crippen LogP contribution >= 0.6 is 0 Å². The number of nitrogens with one attached hydrogen (secondary N) is 2. The fourth-order valence-corrected chi connectivity index (χ4v) is 1.93. The molecular weight excluding hydrogens is 242 g/mol. The number of carbonyl (C=O) groups is 2. The zero-order valence-corrected chi connectivity index (χ0v) is 11.3. The highest BCUT2D eigenvalue weighted by Gasteiger charge is 2.18. The van der Waals surface area contributed by atoms with Gasteiger partial charge in [0.1, 0.15) is 5.71 Å². The van der Waals surface area contributed by atoms with E-state index < -0.39 is 0 Å². The number of aryl methyl sites for hydroxylation is 3. The number of nitrogens with zero attached hydrogens (tertiary/aromatic N) is 1. The van der Waals surface area contributed by atoms with Crippen LogP contribution in [0.15, 0.2) is 17.2 Å². The molecule has 1 aromatic carbocycles. The quantitative estimate of drug-likeness (QED) is 0.850. The fourth-order valence-electron chi connectivity index (χ4n) is 1.93. The molecule has 0 radical (unpaired) electrons. The number of anilines is 1. The largest absolute Gasteiger partial charge is 0.321 e. The van der Waals surface area contributed by atoms with Crippen LogP contribution < -0.4 is 10.7 Å². The Morgan fingerprint density at radius 1 is 1.16 bits per heavy atom. The maximum absolute atomic E-state index is 12.0. The number of benzene rings is 1. The smallest absolute Gasteiger partial charge is 0.271 e. The predicted octanol–water partition coefficient (Wildman–Crippen LogP) is 1.82. The van der Waals surface area contributed by atoms with Crippen LogP contribution in [0.3, 0.4) is 0 Å². The van der Waals surface area contributed by atoms with Crippen LogP contribution in [-0.4, -0.2) is 17.5 Å². The third kappa shape index (κ3) is 2.99. The number of rotatable bonds is 2. The van der Waals surface area contributed by atoms with Gasteiger partial charge in [-0.25, -0.2) is 5.43 Å². The van der Waals surface area contributed by atoms with Gasteiger partial charge in [-0.15, -0.1) is 0 Å². The van der Waals surface area contributed by atoms with E-state index in [1.54, 1.807) is 0 Å². The lowest BCUT2D eigenvalue weighted by Crippen LogP contribution is -2.32. The van der Waals surface area contributed by atoms with Crippen molar-refractivity contribution < 1.29 is 9.59 Å². The first-order valence-electron chi connectivity index (χ1n) is 6.22. The van der Waals surface area contributed by atoms with E-state index in [1.165, 1.54) is 5.56 Å². The van der Waals surface area contributed by atoms with Crippen molar-refractivity contribution in [3.05, 3.63) is 28.8 Å². The van der Waals surface area contributed by atoms with E-state index in [0.29, 0.717) is 18.6 Å². The Labute approximate surface area is 112 Å². The molecule has 2 N–H and O–H groups in total. The van der Waals surface area contributed by atoms with Crippen molar-refractivity contribution in [2.45, 2.75) is 33.6 Å². The number of hydrogen-bond donors (Lipinski definition) is 2. The van der Waals surface area contributed by atoms with Gasteiger partial charge in [0, 0.05) is 18.5 Å². The summed E-state index contributed by atoms with van der Waals surface area (Å²) in [7, 11) is 0. The van der Waals surface area contributed by atoms with Crippen molar-refractivity contribution in [2.75, 3.05) is 5.32 Å². The standard InChI is InChI=1S/C14H17N3O2/c1-8-6-10(3)12(7-9(8)2)15-14(19)11-4-5-13(18)17-16-11/h6-7H,4-5H2,1-3H3,(H,15,19)(H,17,18). The molecule has 0 bridgehead atoms.